The highest BCUT2D eigenvalue weighted by Gasteiger charge is 2.29. The zero-order valence-electron chi connectivity index (χ0n) is 16.8. The molecular formula is C22H22F3NO5. The number of hydrogen-bond donors (Lipinski definition) is 1. The summed E-state index contributed by atoms with van der Waals surface area (Å²) in [5, 5.41) is 2.55. The third-order valence-electron chi connectivity index (χ3n) is 4.16. The average Bonchev–Trinajstić information content (AvgIpc) is 2.74. The molecule has 0 aliphatic heterocycles. The predicted octanol–water partition coefficient (Wildman–Crippen LogP) is 3.93. The average molecular weight is 437 g/mol. The first-order valence-corrected chi connectivity index (χ1v) is 9.53. The molecule has 0 aliphatic carbocycles. The van der Waals surface area contributed by atoms with Crippen molar-refractivity contribution in [1.29, 1.82) is 0 Å². The van der Waals surface area contributed by atoms with Gasteiger partial charge in [0, 0.05) is 18.5 Å². The molecule has 0 unspecified atom stereocenters. The Bertz CT molecular complexity index is 910. The fourth-order valence-corrected chi connectivity index (χ4v) is 2.56. The monoisotopic (exact) mass is 437 g/mol. The lowest BCUT2D eigenvalue weighted by molar-refractivity contribution is -0.143. The van der Waals surface area contributed by atoms with Gasteiger partial charge < -0.3 is 14.8 Å². The zero-order chi connectivity index (χ0) is 22.9. The van der Waals surface area contributed by atoms with Gasteiger partial charge in [0.2, 0.25) is 0 Å². The van der Waals surface area contributed by atoms with E-state index in [4.69, 9.17) is 9.47 Å². The van der Waals surface area contributed by atoms with Crippen LogP contribution >= 0.6 is 0 Å². The second-order valence-corrected chi connectivity index (χ2v) is 6.52. The Labute approximate surface area is 177 Å². The summed E-state index contributed by atoms with van der Waals surface area (Å²) in [7, 11) is 0. The molecule has 0 fully saturated rings. The fourth-order valence-electron chi connectivity index (χ4n) is 2.56. The van der Waals surface area contributed by atoms with Crippen LogP contribution in [0.5, 0.6) is 5.75 Å². The van der Waals surface area contributed by atoms with Gasteiger partial charge in [-0.25, -0.2) is 0 Å². The molecule has 6 nitrogen and oxygen atoms in total. The van der Waals surface area contributed by atoms with Gasteiger partial charge in [-0.15, -0.1) is 0 Å². The van der Waals surface area contributed by atoms with Crippen LogP contribution in [-0.4, -0.2) is 30.9 Å². The molecule has 0 radical (unpaired) electrons. The van der Waals surface area contributed by atoms with Crippen LogP contribution in [0, 0.1) is 0 Å². The molecule has 31 heavy (non-hydrogen) atoms. The molecule has 9 heteroatoms. The predicted molar refractivity (Wildman–Crippen MR) is 105 cm³/mol. The molecule has 0 heterocycles. The number of carbonyl (C=O) groups excluding carboxylic acids is 3. The topological polar surface area (TPSA) is 81.7 Å². The van der Waals surface area contributed by atoms with Gasteiger partial charge in [0.25, 0.3) is 5.91 Å². The van der Waals surface area contributed by atoms with Gasteiger partial charge in [-0.3, -0.25) is 14.4 Å². The van der Waals surface area contributed by atoms with Crippen LogP contribution in [0.1, 0.15) is 41.3 Å². The van der Waals surface area contributed by atoms with Crippen molar-refractivity contribution in [3.8, 4) is 5.75 Å². The Balaban J connectivity index is 1.80. The second kappa shape index (κ2) is 11.1. The van der Waals surface area contributed by atoms with Gasteiger partial charge in [-0.1, -0.05) is 24.3 Å². The SMILES string of the molecule is CCOC(=O)CCC(=O)c1cccc(OCC(=O)NCc2ccc(C(F)(F)F)cc2)c1. The maximum atomic E-state index is 12.6. The third kappa shape index (κ3) is 8.12. The van der Waals surface area contributed by atoms with E-state index in [1.54, 1.807) is 25.1 Å². The molecule has 166 valence electrons. The zero-order valence-corrected chi connectivity index (χ0v) is 16.8. The lowest BCUT2D eigenvalue weighted by atomic mass is 10.1. The number of benzene rings is 2. The van der Waals surface area contributed by atoms with Crippen LogP contribution in [-0.2, 0) is 27.0 Å². The molecule has 0 spiro atoms. The molecule has 2 rings (SSSR count). The van der Waals surface area contributed by atoms with E-state index in [1.165, 1.54) is 18.2 Å². The number of esters is 1. The molecule has 0 atom stereocenters. The first kappa shape index (κ1) is 23.9. The molecule has 0 bridgehead atoms. The highest BCUT2D eigenvalue weighted by molar-refractivity contribution is 5.97. The van der Waals surface area contributed by atoms with Gasteiger partial charge >= 0.3 is 12.1 Å². The molecule has 1 amide bonds. The Morgan fingerprint density at radius 2 is 1.71 bits per heavy atom. The van der Waals surface area contributed by atoms with Crippen molar-refractivity contribution < 1.29 is 37.0 Å². The van der Waals surface area contributed by atoms with Crippen molar-refractivity contribution in [3.05, 3.63) is 65.2 Å². The van der Waals surface area contributed by atoms with Crippen molar-refractivity contribution in [2.75, 3.05) is 13.2 Å². The van der Waals surface area contributed by atoms with Crippen LogP contribution in [0.2, 0.25) is 0 Å². The minimum Gasteiger partial charge on any atom is -0.484 e. The number of Topliss-reactive ketones (excluding diaryl/α,β-unsaturated/α-hetero) is 1. The van der Waals surface area contributed by atoms with Crippen molar-refractivity contribution in [3.63, 3.8) is 0 Å². The van der Waals surface area contributed by atoms with Gasteiger partial charge in [-0.2, -0.15) is 13.2 Å². The van der Waals surface area contributed by atoms with Crippen LogP contribution < -0.4 is 10.1 Å². The normalized spacial score (nSPS) is 11.0. The summed E-state index contributed by atoms with van der Waals surface area (Å²) in [5.74, 6) is -0.885. The number of hydrogen-bond acceptors (Lipinski definition) is 5. The second-order valence-electron chi connectivity index (χ2n) is 6.52. The molecule has 2 aromatic rings. The molecule has 0 aliphatic rings. The van der Waals surface area contributed by atoms with E-state index in [2.05, 4.69) is 5.32 Å². The van der Waals surface area contributed by atoms with Crippen molar-refractivity contribution >= 4 is 17.7 Å². The maximum absolute atomic E-state index is 12.6. The molecule has 1 N–H and O–H groups in total. The van der Waals surface area contributed by atoms with Crippen molar-refractivity contribution in [2.45, 2.75) is 32.5 Å². The Kier molecular flexibility index (Phi) is 8.60. The number of nitrogens with one attached hydrogen (secondary N) is 1. The summed E-state index contributed by atoms with van der Waals surface area (Å²) in [6.07, 6.45) is -4.44. The number of ether oxygens (including phenoxy) is 2. The summed E-state index contributed by atoms with van der Waals surface area (Å²) in [6.45, 7) is 1.64. The minimum atomic E-state index is -4.41. The van der Waals surface area contributed by atoms with E-state index in [0.29, 0.717) is 16.9 Å². The van der Waals surface area contributed by atoms with E-state index in [9.17, 15) is 27.6 Å². The van der Waals surface area contributed by atoms with Crippen LogP contribution in [0.15, 0.2) is 48.5 Å². The van der Waals surface area contributed by atoms with E-state index in [1.807, 2.05) is 0 Å². The highest BCUT2D eigenvalue weighted by Crippen LogP contribution is 2.29. The highest BCUT2D eigenvalue weighted by atomic mass is 19.4. The van der Waals surface area contributed by atoms with Crippen LogP contribution in [0.3, 0.4) is 0 Å². The first-order valence-electron chi connectivity index (χ1n) is 9.53. The summed E-state index contributed by atoms with van der Waals surface area (Å²) in [5.41, 5.74) is 0.0881. The number of ketones is 1. The standard InChI is InChI=1S/C22H22F3NO5/c1-2-30-21(29)11-10-19(27)16-4-3-5-18(12-16)31-14-20(28)26-13-15-6-8-17(9-7-15)22(23,24)25/h3-9,12H,2,10-11,13-14H2,1H3,(H,26,28). The molecular weight excluding hydrogens is 415 g/mol. The summed E-state index contributed by atoms with van der Waals surface area (Å²) in [6, 6.07) is 10.7. The molecule has 0 saturated carbocycles. The Hall–Kier alpha value is -3.36. The number of halogens is 3. The van der Waals surface area contributed by atoms with E-state index < -0.39 is 23.6 Å². The number of alkyl halides is 3. The smallest absolute Gasteiger partial charge is 0.416 e. The summed E-state index contributed by atoms with van der Waals surface area (Å²) in [4.78, 5) is 35.5. The summed E-state index contributed by atoms with van der Waals surface area (Å²) >= 11 is 0. The van der Waals surface area contributed by atoms with E-state index in [-0.39, 0.29) is 38.4 Å². The minimum absolute atomic E-state index is 0.00407. The molecule has 0 saturated heterocycles. The molecule has 0 aromatic heterocycles. The molecule has 2 aromatic carbocycles. The number of rotatable bonds is 10. The summed E-state index contributed by atoms with van der Waals surface area (Å²) < 4.78 is 47.8. The third-order valence-corrected chi connectivity index (χ3v) is 4.16. The van der Waals surface area contributed by atoms with E-state index in [0.717, 1.165) is 12.1 Å². The van der Waals surface area contributed by atoms with Gasteiger partial charge in [-0.05, 0) is 36.8 Å². The largest absolute Gasteiger partial charge is 0.484 e. The van der Waals surface area contributed by atoms with Gasteiger partial charge in [0.15, 0.2) is 12.4 Å². The lowest BCUT2D eigenvalue weighted by Crippen LogP contribution is -2.28. The fraction of sp³-hybridized carbons (Fsp3) is 0.318. The van der Waals surface area contributed by atoms with Gasteiger partial charge in [0.1, 0.15) is 5.75 Å². The maximum Gasteiger partial charge on any atom is 0.416 e. The quantitative estimate of drug-likeness (QED) is 0.450. The van der Waals surface area contributed by atoms with Gasteiger partial charge in [0.05, 0.1) is 18.6 Å². The van der Waals surface area contributed by atoms with E-state index >= 15 is 0 Å². The Morgan fingerprint density at radius 3 is 2.35 bits per heavy atom. The lowest BCUT2D eigenvalue weighted by Gasteiger charge is -2.10. The van der Waals surface area contributed by atoms with Crippen LogP contribution in [0.4, 0.5) is 13.2 Å². The first-order chi connectivity index (χ1) is 14.7. The number of carbonyl (C=O) groups is 3. The Morgan fingerprint density at radius 1 is 1.00 bits per heavy atom. The van der Waals surface area contributed by atoms with Crippen LogP contribution in [0.25, 0.3) is 0 Å². The van der Waals surface area contributed by atoms with Crippen molar-refractivity contribution in [2.24, 2.45) is 0 Å². The number of amides is 1. The van der Waals surface area contributed by atoms with Crippen molar-refractivity contribution in [1.82, 2.24) is 5.32 Å².